The lowest BCUT2D eigenvalue weighted by Crippen LogP contribution is -2.04. The lowest BCUT2D eigenvalue weighted by atomic mass is 9.91. The van der Waals surface area contributed by atoms with Gasteiger partial charge in [-0.3, -0.25) is 0 Å². The molecule has 3 rings (SSSR count). The number of aryl methyl sites for hydroxylation is 1. The molecule has 3 aromatic carbocycles. The number of rotatable bonds is 10. The van der Waals surface area contributed by atoms with Crippen LogP contribution in [0, 0.1) is 18.8 Å². The average Bonchev–Trinajstić information content (AvgIpc) is 2.76. The summed E-state index contributed by atoms with van der Waals surface area (Å²) >= 11 is 0. The van der Waals surface area contributed by atoms with Gasteiger partial charge in [-0.1, -0.05) is 88.6 Å². The summed E-state index contributed by atoms with van der Waals surface area (Å²) in [6.07, 6.45) is 9.39. The van der Waals surface area contributed by atoms with Gasteiger partial charge in [-0.15, -0.1) is 0 Å². The first kappa shape index (κ1) is 23.1. The van der Waals surface area contributed by atoms with Gasteiger partial charge in [-0.2, -0.15) is 0 Å². The third-order valence-corrected chi connectivity index (χ3v) is 6.22. The second kappa shape index (κ2) is 11.2. The van der Waals surface area contributed by atoms with E-state index in [4.69, 9.17) is 4.74 Å². The van der Waals surface area contributed by atoms with Gasteiger partial charge in [-0.25, -0.2) is 0 Å². The van der Waals surface area contributed by atoms with Gasteiger partial charge in [0.15, 0.2) is 0 Å². The van der Waals surface area contributed by atoms with Crippen LogP contribution in [0.2, 0.25) is 0 Å². The van der Waals surface area contributed by atoms with Gasteiger partial charge in [0.2, 0.25) is 0 Å². The van der Waals surface area contributed by atoms with Gasteiger partial charge in [-0.05, 0) is 83.3 Å². The highest BCUT2D eigenvalue weighted by Crippen LogP contribution is 2.34. The van der Waals surface area contributed by atoms with Crippen LogP contribution in [0.25, 0.3) is 28.0 Å². The van der Waals surface area contributed by atoms with Gasteiger partial charge < -0.3 is 4.74 Å². The summed E-state index contributed by atoms with van der Waals surface area (Å²) in [5, 5.41) is 2.63. The fourth-order valence-electron chi connectivity index (χ4n) is 4.29. The molecule has 0 aromatic heterocycles. The Morgan fingerprint density at radius 3 is 2.26 bits per heavy atom. The van der Waals surface area contributed by atoms with Gasteiger partial charge in [0.05, 0.1) is 6.61 Å². The first-order valence-corrected chi connectivity index (χ1v) is 11.9. The van der Waals surface area contributed by atoms with Crippen molar-refractivity contribution in [3.8, 4) is 16.9 Å². The summed E-state index contributed by atoms with van der Waals surface area (Å²) in [6.45, 7) is 12.0. The van der Waals surface area contributed by atoms with E-state index >= 15 is 0 Å². The summed E-state index contributed by atoms with van der Waals surface area (Å²) in [7, 11) is 0. The van der Waals surface area contributed by atoms with Crippen LogP contribution < -0.4 is 4.74 Å². The van der Waals surface area contributed by atoms with Crippen LogP contribution >= 0.6 is 0 Å². The number of fused-ring (bicyclic) bond motifs is 1. The molecule has 0 bridgehead atoms. The SMILES string of the molecule is C/C=C/c1cc(-c2ccc(OCCC(C)CCCC(C)C)cc2)c(C)c2ccccc12. The maximum Gasteiger partial charge on any atom is 0.119 e. The zero-order valence-corrected chi connectivity index (χ0v) is 19.9. The monoisotopic (exact) mass is 414 g/mol. The van der Waals surface area contributed by atoms with Crippen molar-refractivity contribution in [3.05, 3.63) is 71.8 Å². The van der Waals surface area contributed by atoms with Crippen LogP contribution in [0.5, 0.6) is 5.75 Å². The van der Waals surface area contributed by atoms with Gasteiger partial charge in [0.1, 0.15) is 5.75 Å². The summed E-state index contributed by atoms with van der Waals surface area (Å²) in [4.78, 5) is 0. The highest BCUT2D eigenvalue weighted by Gasteiger charge is 2.10. The molecule has 1 nitrogen and oxygen atoms in total. The second-order valence-electron chi connectivity index (χ2n) is 9.28. The summed E-state index contributed by atoms with van der Waals surface area (Å²) in [5.41, 5.74) is 5.12. The van der Waals surface area contributed by atoms with E-state index in [0.717, 1.165) is 30.6 Å². The van der Waals surface area contributed by atoms with E-state index in [-0.39, 0.29) is 0 Å². The molecule has 1 heteroatoms. The molecule has 0 radical (unpaired) electrons. The van der Waals surface area contributed by atoms with Crippen molar-refractivity contribution < 1.29 is 4.74 Å². The van der Waals surface area contributed by atoms with Crippen LogP contribution in [0.3, 0.4) is 0 Å². The molecular formula is C30H38O. The first-order valence-electron chi connectivity index (χ1n) is 11.9. The number of allylic oxidation sites excluding steroid dienone is 1. The van der Waals surface area contributed by atoms with E-state index in [2.05, 4.69) is 101 Å². The Morgan fingerprint density at radius 1 is 0.871 bits per heavy atom. The molecule has 0 spiro atoms. The standard InChI is InChI=1S/C30H38O/c1-6-10-26-21-30(24(5)28-13-7-8-14-29(26)28)25-15-17-27(18-16-25)31-20-19-23(4)12-9-11-22(2)3/h6-8,10,13-18,21-23H,9,11-12,19-20H2,1-5H3/b10-6+. The molecule has 3 aromatic rings. The highest BCUT2D eigenvalue weighted by atomic mass is 16.5. The van der Waals surface area contributed by atoms with E-state index < -0.39 is 0 Å². The molecule has 0 heterocycles. The summed E-state index contributed by atoms with van der Waals surface area (Å²) < 4.78 is 6.05. The maximum atomic E-state index is 6.05. The topological polar surface area (TPSA) is 9.23 Å². The van der Waals surface area contributed by atoms with Crippen molar-refractivity contribution in [1.82, 2.24) is 0 Å². The van der Waals surface area contributed by atoms with E-state index in [0.29, 0.717) is 0 Å². The second-order valence-corrected chi connectivity index (χ2v) is 9.28. The molecule has 1 atom stereocenters. The number of ether oxygens (including phenoxy) is 1. The lowest BCUT2D eigenvalue weighted by Gasteiger charge is -2.15. The fraction of sp³-hybridized carbons (Fsp3) is 0.400. The zero-order valence-electron chi connectivity index (χ0n) is 19.9. The molecule has 31 heavy (non-hydrogen) atoms. The number of benzene rings is 3. The quantitative estimate of drug-likeness (QED) is 0.321. The van der Waals surface area contributed by atoms with Crippen LogP contribution in [0.4, 0.5) is 0 Å². The molecule has 1 unspecified atom stereocenters. The van der Waals surface area contributed by atoms with Gasteiger partial charge in [0.25, 0.3) is 0 Å². The predicted molar refractivity (Wildman–Crippen MR) is 137 cm³/mol. The van der Waals surface area contributed by atoms with Crippen LogP contribution in [-0.2, 0) is 0 Å². The molecule has 0 aliphatic rings. The van der Waals surface area contributed by atoms with Crippen molar-refractivity contribution in [2.24, 2.45) is 11.8 Å². The van der Waals surface area contributed by atoms with Crippen molar-refractivity contribution in [2.45, 2.75) is 60.3 Å². The highest BCUT2D eigenvalue weighted by molar-refractivity contribution is 5.97. The van der Waals surface area contributed by atoms with E-state index in [1.165, 1.54) is 52.3 Å². The summed E-state index contributed by atoms with van der Waals surface area (Å²) in [6, 6.07) is 19.6. The third-order valence-electron chi connectivity index (χ3n) is 6.22. The molecule has 0 saturated heterocycles. The zero-order chi connectivity index (χ0) is 22.2. The first-order chi connectivity index (χ1) is 15.0. The van der Waals surface area contributed by atoms with Crippen molar-refractivity contribution >= 4 is 16.8 Å². The van der Waals surface area contributed by atoms with Gasteiger partial charge >= 0.3 is 0 Å². The van der Waals surface area contributed by atoms with E-state index in [1.807, 2.05) is 0 Å². The summed E-state index contributed by atoms with van der Waals surface area (Å²) in [5.74, 6) is 2.50. The minimum Gasteiger partial charge on any atom is -0.494 e. The Bertz CT molecular complexity index is 995. The molecule has 0 saturated carbocycles. The van der Waals surface area contributed by atoms with Crippen LogP contribution in [0.1, 0.15) is 64.5 Å². The average molecular weight is 415 g/mol. The molecular weight excluding hydrogens is 376 g/mol. The van der Waals surface area contributed by atoms with Gasteiger partial charge in [0, 0.05) is 0 Å². The Kier molecular flexibility index (Phi) is 8.35. The van der Waals surface area contributed by atoms with E-state index in [9.17, 15) is 0 Å². The van der Waals surface area contributed by atoms with Crippen molar-refractivity contribution in [1.29, 1.82) is 0 Å². The smallest absolute Gasteiger partial charge is 0.119 e. The Labute approximate surface area is 189 Å². The molecule has 0 amide bonds. The fourth-order valence-corrected chi connectivity index (χ4v) is 4.29. The molecule has 0 N–H and O–H groups in total. The van der Waals surface area contributed by atoms with Crippen molar-refractivity contribution in [2.75, 3.05) is 6.61 Å². The Hall–Kier alpha value is -2.54. The largest absolute Gasteiger partial charge is 0.494 e. The number of hydrogen-bond donors (Lipinski definition) is 0. The van der Waals surface area contributed by atoms with Crippen LogP contribution in [0.15, 0.2) is 60.7 Å². The van der Waals surface area contributed by atoms with Crippen LogP contribution in [-0.4, -0.2) is 6.61 Å². The minimum absolute atomic E-state index is 0.725. The Balaban J connectivity index is 1.68. The minimum atomic E-state index is 0.725. The van der Waals surface area contributed by atoms with Crippen molar-refractivity contribution in [3.63, 3.8) is 0 Å². The normalized spacial score (nSPS) is 12.7. The third kappa shape index (κ3) is 6.23. The Morgan fingerprint density at radius 2 is 1.58 bits per heavy atom. The molecule has 164 valence electrons. The lowest BCUT2D eigenvalue weighted by molar-refractivity contribution is 0.276. The predicted octanol–water partition coefficient (Wildman–Crippen LogP) is 9.08. The molecule has 0 fully saturated rings. The number of hydrogen-bond acceptors (Lipinski definition) is 1. The maximum absolute atomic E-state index is 6.05. The molecule has 0 aliphatic heterocycles. The molecule has 0 aliphatic carbocycles. The van der Waals surface area contributed by atoms with E-state index in [1.54, 1.807) is 0 Å².